The van der Waals surface area contributed by atoms with Gasteiger partial charge in [0.2, 0.25) is 5.91 Å². The number of fused-ring (bicyclic) bond motifs is 3. The summed E-state index contributed by atoms with van der Waals surface area (Å²) in [6.07, 6.45) is 2.91. The van der Waals surface area contributed by atoms with E-state index in [0.717, 1.165) is 35.1 Å². The lowest BCUT2D eigenvalue weighted by molar-refractivity contribution is -0.142. The average Bonchev–Trinajstić information content (AvgIpc) is 3.38. The zero-order valence-corrected chi connectivity index (χ0v) is 18.8. The number of carbonyl (C=O) groups excluding carboxylic acids is 2. The first-order chi connectivity index (χ1) is 15.9. The number of carboxylic acid groups (broad SMARTS) is 1. The Hall–Kier alpha value is -3.35. The van der Waals surface area contributed by atoms with Gasteiger partial charge in [-0.05, 0) is 41.5 Å². The molecule has 7 nitrogen and oxygen atoms in total. The molecule has 33 heavy (non-hydrogen) atoms. The van der Waals surface area contributed by atoms with E-state index >= 15 is 0 Å². The Morgan fingerprint density at radius 3 is 2.15 bits per heavy atom. The molecule has 0 spiro atoms. The Balaban J connectivity index is 1.40. The van der Waals surface area contributed by atoms with Crippen LogP contribution in [0.15, 0.2) is 48.5 Å². The SMILES string of the molecule is CCC(NC(=O)CC1(NC(=O)OCC2c3ccccc3-c3ccccc32)CCCC1)C(=O)O. The van der Waals surface area contributed by atoms with Crippen molar-refractivity contribution in [2.45, 2.75) is 62.9 Å². The van der Waals surface area contributed by atoms with Crippen molar-refractivity contribution in [2.24, 2.45) is 0 Å². The average molecular weight is 451 g/mol. The van der Waals surface area contributed by atoms with Gasteiger partial charge < -0.3 is 20.5 Å². The predicted molar refractivity (Wildman–Crippen MR) is 124 cm³/mol. The van der Waals surface area contributed by atoms with Crippen LogP contribution in [0.4, 0.5) is 4.79 Å². The number of amides is 2. The van der Waals surface area contributed by atoms with Gasteiger partial charge in [0.1, 0.15) is 12.6 Å². The minimum atomic E-state index is -1.06. The number of alkyl carbamates (subject to hydrolysis) is 1. The molecule has 3 N–H and O–H groups in total. The highest BCUT2D eigenvalue weighted by molar-refractivity contribution is 5.84. The van der Waals surface area contributed by atoms with Crippen LogP contribution in [0, 0.1) is 0 Å². The zero-order chi connectivity index (χ0) is 23.4. The molecule has 2 aliphatic rings. The lowest BCUT2D eigenvalue weighted by Crippen LogP contribution is -2.51. The Morgan fingerprint density at radius 2 is 1.61 bits per heavy atom. The van der Waals surface area contributed by atoms with Crippen molar-refractivity contribution in [2.75, 3.05) is 6.61 Å². The van der Waals surface area contributed by atoms with Gasteiger partial charge in [0.05, 0.1) is 5.54 Å². The molecule has 0 saturated heterocycles. The standard InChI is InChI=1S/C26H30N2O5/c1-2-22(24(30)31)27-23(29)15-26(13-7-8-14-26)28-25(32)33-16-21-19-11-5-3-9-17(19)18-10-4-6-12-20(18)21/h3-6,9-12,21-22H,2,7-8,13-16H2,1H3,(H,27,29)(H,28,32)(H,30,31). The number of aliphatic carboxylic acids is 1. The highest BCUT2D eigenvalue weighted by Gasteiger charge is 2.39. The third-order valence-electron chi connectivity index (χ3n) is 6.81. The molecular weight excluding hydrogens is 420 g/mol. The summed E-state index contributed by atoms with van der Waals surface area (Å²) in [7, 11) is 0. The van der Waals surface area contributed by atoms with Crippen LogP contribution in [-0.4, -0.2) is 41.3 Å². The van der Waals surface area contributed by atoms with Crippen molar-refractivity contribution in [1.29, 1.82) is 0 Å². The van der Waals surface area contributed by atoms with Gasteiger partial charge in [0, 0.05) is 12.3 Å². The van der Waals surface area contributed by atoms with Gasteiger partial charge in [-0.15, -0.1) is 0 Å². The molecule has 0 bridgehead atoms. The third-order valence-corrected chi connectivity index (χ3v) is 6.81. The van der Waals surface area contributed by atoms with E-state index in [4.69, 9.17) is 4.74 Å². The number of benzene rings is 2. The topological polar surface area (TPSA) is 105 Å². The fourth-order valence-corrected chi connectivity index (χ4v) is 5.14. The van der Waals surface area contributed by atoms with E-state index < -0.39 is 23.6 Å². The quantitative estimate of drug-likeness (QED) is 0.559. The summed E-state index contributed by atoms with van der Waals surface area (Å²) in [5.74, 6) is -1.47. The largest absolute Gasteiger partial charge is 0.480 e. The fourth-order valence-electron chi connectivity index (χ4n) is 5.14. The van der Waals surface area contributed by atoms with Gasteiger partial charge in [0.25, 0.3) is 0 Å². The van der Waals surface area contributed by atoms with Gasteiger partial charge in [-0.3, -0.25) is 4.79 Å². The maximum atomic E-state index is 12.8. The summed E-state index contributed by atoms with van der Waals surface area (Å²) in [4.78, 5) is 36.6. The first kappa shape index (κ1) is 22.8. The molecule has 174 valence electrons. The Labute approximate surface area is 193 Å². The van der Waals surface area contributed by atoms with Gasteiger partial charge in [-0.25, -0.2) is 9.59 Å². The number of ether oxygens (including phenoxy) is 1. The summed E-state index contributed by atoms with van der Waals surface area (Å²) in [6, 6.07) is 15.4. The molecule has 4 rings (SSSR count). The van der Waals surface area contributed by atoms with Crippen LogP contribution in [0.25, 0.3) is 11.1 Å². The summed E-state index contributed by atoms with van der Waals surface area (Å²) in [5, 5.41) is 14.7. The van der Waals surface area contributed by atoms with E-state index in [9.17, 15) is 19.5 Å². The molecule has 0 aromatic heterocycles. The maximum Gasteiger partial charge on any atom is 0.407 e. The van der Waals surface area contributed by atoms with Crippen molar-refractivity contribution in [3.05, 3.63) is 59.7 Å². The highest BCUT2D eigenvalue weighted by atomic mass is 16.5. The zero-order valence-electron chi connectivity index (χ0n) is 18.8. The molecule has 7 heteroatoms. The minimum Gasteiger partial charge on any atom is -0.480 e. The summed E-state index contributed by atoms with van der Waals surface area (Å²) < 4.78 is 5.67. The van der Waals surface area contributed by atoms with Crippen LogP contribution >= 0.6 is 0 Å². The van der Waals surface area contributed by atoms with Gasteiger partial charge in [-0.1, -0.05) is 68.3 Å². The lowest BCUT2D eigenvalue weighted by Gasteiger charge is -2.30. The van der Waals surface area contributed by atoms with Crippen LogP contribution in [-0.2, 0) is 14.3 Å². The van der Waals surface area contributed by atoms with Crippen LogP contribution in [0.1, 0.15) is 62.5 Å². The van der Waals surface area contributed by atoms with E-state index in [1.165, 1.54) is 0 Å². The van der Waals surface area contributed by atoms with Crippen molar-refractivity contribution in [3.63, 3.8) is 0 Å². The molecule has 0 aliphatic heterocycles. The number of hydrogen-bond acceptors (Lipinski definition) is 4. The summed E-state index contributed by atoms with van der Waals surface area (Å²) >= 11 is 0. The molecule has 0 heterocycles. The smallest absolute Gasteiger partial charge is 0.407 e. The molecule has 2 aromatic carbocycles. The van der Waals surface area contributed by atoms with Crippen LogP contribution in [0.3, 0.4) is 0 Å². The molecule has 2 amide bonds. The Bertz CT molecular complexity index is 999. The number of nitrogens with one attached hydrogen (secondary N) is 2. The number of rotatable bonds is 8. The maximum absolute atomic E-state index is 12.8. The Kier molecular flexibility index (Phi) is 6.67. The first-order valence-corrected chi connectivity index (χ1v) is 11.6. The molecule has 1 saturated carbocycles. The van der Waals surface area contributed by atoms with Crippen molar-refractivity contribution >= 4 is 18.0 Å². The van der Waals surface area contributed by atoms with Gasteiger partial charge in [0.15, 0.2) is 0 Å². The van der Waals surface area contributed by atoms with Crippen LogP contribution < -0.4 is 10.6 Å². The monoisotopic (exact) mass is 450 g/mol. The van der Waals surface area contributed by atoms with Crippen LogP contribution in [0.2, 0.25) is 0 Å². The van der Waals surface area contributed by atoms with Gasteiger partial charge in [-0.2, -0.15) is 0 Å². The molecule has 1 atom stereocenters. The number of carboxylic acids is 1. The lowest BCUT2D eigenvalue weighted by atomic mass is 9.92. The van der Waals surface area contributed by atoms with Crippen molar-refractivity contribution < 1.29 is 24.2 Å². The molecule has 0 radical (unpaired) electrons. The van der Waals surface area contributed by atoms with E-state index in [0.29, 0.717) is 19.3 Å². The third kappa shape index (κ3) is 4.87. The second-order valence-corrected chi connectivity index (χ2v) is 8.98. The number of hydrogen-bond donors (Lipinski definition) is 3. The van der Waals surface area contributed by atoms with Crippen LogP contribution in [0.5, 0.6) is 0 Å². The fraction of sp³-hybridized carbons (Fsp3) is 0.423. The minimum absolute atomic E-state index is 0.0353. The van der Waals surface area contributed by atoms with E-state index in [1.807, 2.05) is 24.3 Å². The molecule has 1 fully saturated rings. The molecule has 2 aromatic rings. The van der Waals surface area contributed by atoms with E-state index in [1.54, 1.807) is 6.92 Å². The van der Waals surface area contributed by atoms with Gasteiger partial charge >= 0.3 is 12.1 Å². The second-order valence-electron chi connectivity index (χ2n) is 8.98. The molecule has 1 unspecified atom stereocenters. The summed E-state index contributed by atoms with van der Waals surface area (Å²) in [5.41, 5.74) is 3.90. The molecular formula is C26H30N2O5. The van der Waals surface area contributed by atoms with E-state index in [2.05, 4.69) is 34.9 Å². The normalized spacial score (nSPS) is 17.0. The first-order valence-electron chi connectivity index (χ1n) is 11.6. The highest BCUT2D eigenvalue weighted by Crippen LogP contribution is 2.44. The summed E-state index contributed by atoms with van der Waals surface area (Å²) in [6.45, 7) is 1.92. The number of carbonyl (C=O) groups is 3. The van der Waals surface area contributed by atoms with Crippen molar-refractivity contribution in [3.8, 4) is 11.1 Å². The predicted octanol–water partition coefficient (Wildman–Crippen LogP) is 4.21. The van der Waals surface area contributed by atoms with Crippen molar-refractivity contribution in [1.82, 2.24) is 10.6 Å². The Morgan fingerprint density at radius 1 is 1.03 bits per heavy atom. The molecule has 2 aliphatic carbocycles. The van der Waals surface area contributed by atoms with E-state index in [-0.39, 0.29) is 24.9 Å². The second kappa shape index (κ2) is 9.65.